The van der Waals surface area contributed by atoms with Gasteiger partial charge in [-0.2, -0.15) is 0 Å². The molecule has 0 aromatic carbocycles. The van der Waals surface area contributed by atoms with Crippen molar-refractivity contribution in [2.75, 3.05) is 11.5 Å². The molecule has 1 nitrogen and oxygen atoms in total. The minimum atomic E-state index is -0.587. The molecule has 0 fully saturated rings. The highest BCUT2D eigenvalue weighted by molar-refractivity contribution is 7.85. The Morgan fingerprint density at radius 2 is 1.17 bits per heavy atom. The second kappa shape index (κ2) is 12.2. The van der Waals surface area contributed by atoms with Crippen molar-refractivity contribution < 1.29 is 4.21 Å². The molecule has 0 aliphatic heterocycles. The number of hydrogen-bond donors (Lipinski definition) is 0. The second-order valence-corrected chi connectivity index (χ2v) is 7.15. The lowest BCUT2D eigenvalue weighted by atomic mass is 10.0. The maximum Gasteiger partial charge on any atom is 0.0263 e. The molecule has 0 radical (unpaired) electrons. The summed E-state index contributed by atoms with van der Waals surface area (Å²) in [5.74, 6) is 3.27. The van der Waals surface area contributed by atoms with Crippen LogP contribution < -0.4 is 0 Å². The second-order valence-electron chi connectivity index (χ2n) is 5.61. The Labute approximate surface area is 118 Å². The molecule has 0 unspecified atom stereocenters. The molecule has 0 aromatic rings. The number of hydrogen-bond acceptors (Lipinski definition) is 1. The summed E-state index contributed by atoms with van der Waals surface area (Å²) in [4.78, 5) is 0. The van der Waals surface area contributed by atoms with Crippen LogP contribution in [0.5, 0.6) is 0 Å². The first-order valence-electron chi connectivity index (χ1n) is 8.02. The first kappa shape index (κ1) is 18.1. The summed E-state index contributed by atoms with van der Waals surface area (Å²) < 4.78 is 12.2. The van der Waals surface area contributed by atoms with Gasteiger partial charge in [0.25, 0.3) is 0 Å². The van der Waals surface area contributed by atoms with Crippen molar-refractivity contribution in [2.45, 2.75) is 79.1 Å². The minimum Gasteiger partial charge on any atom is -0.260 e. The highest BCUT2D eigenvalue weighted by Crippen LogP contribution is 2.18. The summed E-state index contributed by atoms with van der Waals surface area (Å²) >= 11 is 0. The Bertz CT molecular complexity index is 183. The molecule has 0 spiro atoms. The Morgan fingerprint density at radius 1 is 0.778 bits per heavy atom. The molecular formula is C16H34OS. The van der Waals surface area contributed by atoms with Gasteiger partial charge in [-0.1, -0.05) is 66.2 Å². The highest BCUT2D eigenvalue weighted by Gasteiger charge is 2.14. The van der Waals surface area contributed by atoms with Crippen molar-refractivity contribution in [1.82, 2.24) is 0 Å². The van der Waals surface area contributed by atoms with Gasteiger partial charge in [0.2, 0.25) is 0 Å². The van der Waals surface area contributed by atoms with Gasteiger partial charge in [0, 0.05) is 22.3 Å². The van der Waals surface area contributed by atoms with Crippen molar-refractivity contribution in [3.63, 3.8) is 0 Å². The molecule has 2 atom stereocenters. The lowest BCUT2D eigenvalue weighted by molar-refractivity contribution is 0.480. The molecular weight excluding hydrogens is 240 g/mol. The van der Waals surface area contributed by atoms with Gasteiger partial charge in [0.05, 0.1) is 0 Å². The average Bonchev–Trinajstić information content (AvgIpc) is 2.39. The van der Waals surface area contributed by atoms with Crippen LogP contribution in [0.15, 0.2) is 0 Å². The molecule has 0 saturated carbocycles. The van der Waals surface area contributed by atoms with Crippen LogP contribution in [0, 0.1) is 11.8 Å². The van der Waals surface area contributed by atoms with Crippen molar-refractivity contribution in [3.8, 4) is 0 Å². The standard InChI is InChI=1S/C16H34OS/c1-5-9-11-15(7-3)13-18(17)14-16(8-4)12-10-6-2/h15-16H,5-14H2,1-4H3/t15-,16-/m1/s1. The summed E-state index contributed by atoms with van der Waals surface area (Å²) in [5.41, 5.74) is 0. The van der Waals surface area contributed by atoms with Crippen LogP contribution in [0.1, 0.15) is 79.1 Å². The van der Waals surface area contributed by atoms with Crippen molar-refractivity contribution >= 4 is 10.8 Å². The molecule has 0 aliphatic carbocycles. The Morgan fingerprint density at radius 3 is 1.44 bits per heavy atom. The first-order chi connectivity index (χ1) is 8.67. The van der Waals surface area contributed by atoms with E-state index in [0.29, 0.717) is 11.8 Å². The monoisotopic (exact) mass is 274 g/mol. The topological polar surface area (TPSA) is 17.1 Å². The van der Waals surface area contributed by atoms with Gasteiger partial charge in [-0.3, -0.25) is 4.21 Å². The number of unbranched alkanes of at least 4 members (excludes halogenated alkanes) is 2. The third-order valence-corrected chi connectivity index (χ3v) is 5.62. The van der Waals surface area contributed by atoms with Crippen molar-refractivity contribution in [3.05, 3.63) is 0 Å². The largest absolute Gasteiger partial charge is 0.260 e. The summed E-state index contributed by atoms with van der Waals surface area (Å²) in [6.45, 7) is 8.96. The van der Waals surface area contributed by atoms with Gasteiger partial charge < -0.3 is 0 Å². The molecule has 110 valence electrons. The van der Waals surface area contributed by atoms with E-state index < -0.39 is 10.8 Å². The zero-order valence-electron chi connectivity index (χ0n) is 13.0. The Hall–Kier alpha value is 0.150. The normalized spacial score (nSPS) is 14.9. The van der Waals surface area contributed by atoms with Gasteiger partial charge in [0.15, 0.2) is 0 Å². The van der Waals surface area contributed by atoms with E-state index in [2.05, 4.69) is 27.7 Å². The fraction of sp³-hybridized carbons (Fsp3) is 1.00. The molecule has 0 aliphatic rings. The van der Waals surface area contributed by atoms with Crippen LogP contribution >= 0.6 is 0 Å². The summed E-state index contributed by atoms with van der Waals surface area (Å²) in [7, 11) is -0.587. The lowest BCUT2D eigenvalue weighted by Crippen LogP contribution is -2.18. The predicted octanol–water partition coefficient (Wildman–Crippen LogP) is 5.17. The first-order valence-corrected chi connectivity index (χ1v) is 9.51. The van der Waals surface area contributed by atoms with E-state index in [1.165, 1.54) is 51.4 Å². The van der Waals surface area contributed by atoms with Crippen LogP contribution in [0.4, 0.5) is 0 Å². The molecule has 0 rings (SSSR count). The Kier molecular flexibility index (Phi) is 12.3. The summed E-state index contributed by atoms with van der Waals surface area (Å²) in [6.07, 6.45) is 10.0. The smallest absolute Gasteiger partial charge is 0.0263 e. The van der Waals surface area contributed by atoms with Gasteiger partial charge in [-0.25, -0.2) is 0 Å². The fourth-order valence-corrected chi connectivity index (χ4v) is 4.38. The van der Waals surface area contributed by atoms with E-state index in [0.717, 1.165) is 11.5 Å². The number of rotatable bonds is 12. The minimum absolute atomic E-state index is 0.587. The summed E-state index contributed by atoms with van der Waals surface area (Å²) in [6, 6.07) is 0. The summed E-state index contributed by atoms with van der Waals surface area (Å²) in [5, 5.41) is 0. The molecule has 0 heterocycles. The van der Waals surface area contributed by atoms with E-state index in [9.17, 15) is 4.21 Å². The highest BCUT2D eigenvalue weighted by atomic mass is 32.2. The third-order valence-electron chi connectivity index (χ3n) is 3.93. The fourth-order valence-electron chi connectivity index (χ4n) is 2.39. The van der Waals surface area contributed by atoms with Crippen molar-refractivity contribution in [1.29, 1.82) is 0 Å². The third kappa shape index (κ3) is 9.13. The predicted molar refractivity (Wildman–Crippen MR) is 84.5 cm³/mol. The zero-order valence-corrected chi connectivity index (χ0v) is 13.9. The molecule has 0 amide bonds. The van der Waals surface area contributed by atoms with Crippen LogP contribution in [0.25, 0.3) is 0 Å². The molecule has 0 N–H and O–H groups in total. The average molecular weight is 275 g/mol. The maximum absolute atomic E-state index is 12.2. The maximum atomic E-state index is 12.2. The van der Waals surface area contributed by atoms with Gasteiger partial charge >= 0.3 is 0 Å². The molecule has 18 heavy (non-hydrogen) atoms. The SMILES string of the molecule is CCCC[C@@H](CC)CS(=O)C[C@H](CC)CCCC. The van der Waals surface area contributed by atoms with Gasteiger partial charge in [0.1, 0.15) is 0 Å². The molecule has 0 bridgehead atoms. The quantitative estimate of drug-likeness (QED) is 0.480. The van der Waals surface area contributed by atoms with E-state index in [4.69, 9.17) is 0 Å². The zero-order chi connectivity index (χ0) is 13.8. The van der Waals surface area contributed by atoms with E-state index in [1.54, 1.807) is 0 Å². The van der Waals surface area contributed by atoms with Crippen molar-refractivity contribution in [2.24, 2.45) is 11.8 Å². The van der Waals surface area contributed by atoms with Crippen LogP contribution in [-0.4, -0.2) is 15.7 Å². The lowest BCUT2D eigenvalue weighted by Gasteiger charge is -2.17. The Balaban J connectivity index is 3.96. The van der Waals surface area contributed by atoms with E-state index >= 15 is 0 Å². The molecule has 0 aromatic heterocycles. The van der Waals surface area contributed by atoms with Crippen LogP contribution in [0.3, 0.4) is 0 Å². The van der Waals surface area contributed by atoms with Crippen LogP contribution in [0.2, 0.25) is 0 Å². The molecule has 2 heteroatoms. The van der Waals surface area contributed by atoms with E-state index in [1.807, 2.05) is 0 Å². The van der Waals surface area contributed by atoms with Gasteiger partial charge in [-0.05, 0) is 24.7 Å². The van der Waals surface area contributed by atoms with Crippen LogP contribution in [-0.2, 0) is 10.8 Å². The van der Waals surface area contributed by atoms with Gasteiger partial charge in [-0.15, -0.1) is 0 Å². The van der Waals surface area contributed by atoms with E-state index in [-0.39, 0.29) is 0 Å². The molecule has 0 saturated heterocycles.